The summed E-state index contributed by atoms with van der Waals surface area (Å²) in [5.41, 5.74) is 6.64. The lowest BCUT2D eigenvalue weighted by Crippen LogP contribution is -2.17. The predicted octanol–water partition coefficient (Wildman–Crippen LogP) is 3.59. The number of ether oxygens (including phenoxy) is 1. The molecular formula is C15H18ClN3O. The van der Waals surface area contributed by atoms with Crippen molar-refractivity contribution >= 4 is 17.4 Å². The topological polar surface area (TPSA) is 61.0 Å². The fourth-order valence-corrected chi connectivity index (χ4v) is 1.72. The van der Waals surface area contributed by atoms with Gasteiger partial charge in [-0.05, 0) is 17.7 Å². The van der Waals surface area contributed by atoms with Crippen molar-refractivity contribution in [3.05, 3.63) is 46.7 Å². The zero-order valence-electron chi connectivity index (χ0n) is 11.9. The first kappa shape index (κ1) is 14.6. The summed E-state index contributed by atoms with van der Waals surface area (Å²) in [6.07, 6.45) is 0. The van der Waals surface area contributed by atoms with Crippen molar-refractivity contribution < 1.29 is 4.74 Å². The Morgan fingerprint density at radius 2 is 1.80 bits per heavy atom. The van der Waals surface area contributed by atoms with Crippen LogP contribution in [0.1, 0.15) is 32.2 Å². The van der Waals surface area contributed by atoms with Crippen molar-refractivity contribution in [3.63, 3.8) is 0 Å². The fraction of sp³-hybridized carbons (Fsp3) is 0.333. The second kappa shape index (κ2) is 5.67. The maximum absolute atomic E-state index is 5.84. The van der Waals surface area contributed by atoms with Crippen molar-refractivity contribution in [2.24, 2.45) is 0 Å². The molecule has 2 aromatic rings. The van der Waals surface area contributed by atoms with E-state index in [4.69, 9.17) is 22.1 Å². The van der Waals surface area contributed by atoms with Gasteiger partial charge in [-0.25, -0.2) is 4.98 Å². The van der Waals surface area contributed by atoms with Gasteiger partial charge >= 0.3 is 0 Å². The summed E-state index contributed by atoms with van der Waals surface area (Å²) in [5, 5.41) is 0.704. The number of halogens is 1. The van der Waals surface area contributed by atoms with E-state index in [9.17, 15) is 0 Å². The molecule has 5 heteroatoms. The lowest BCUT2D eigenvalue weighted by Gasteiger charge is -2.17. The lowest BCUT2D eigenvalue weighted by molar-refractivity contribution is 0.290. The Kier molecular flexibility index (Phi) is 4.14. The first-order valence-corrected chi connectivity index (χ1v) is 6.75. The Balaban J connectivity index is 2.13. The van der Waals surface area contributed by atoms with Crippen LogP contribution in [0.3, 0.4) is 0 Å². The van der Waals surface area contributed by atoms with Crippen LogP contribution in [0.15, 0.2) is 30.3 Å². The molecule has 0 aliphatic carbocycles. The van der Waals surface area contributed by atoms with Gasteiger partial charge < -0.3 is 10.5 Å². The fourth-order valence-electron chi connectivity index (χ4n) is 1.59. The summed E-state index contributed by atoms with van der Waals surface area (Å²) in [6, 6.07) is 9.12. The van der Waals surface area contributed by atoms with Gasteiger partial charge in [0.1, 0.15) is 18.2 Å². The van der Waals surface area contributed by atoms with E-state index in [2.05, 4.69) is 9.97 Å². The molecule has 0 aliphatic heterocycles. The van der Waals surface area contributed by atoms with E-state index in [-0.39, 0.29) is 5.41 Å². The average Bonchev–Trinajstić information content (AvgIpc) is 2.36. The third-order valence-corrected chi connectivity index (χ3v) is 2.95. The predicted molar refractivity (Wildman–Crippen MR) is 80.9 cm³/mol. The second-order valence-corrected chi connectivity index (χ2v) is 6.06. The highest BCUT2D eigenvalue weighted by Crippen LogP contribution is 2.22. The summed E-state index contributed by atoms with van der Waals surface area (Å²) in [4.78, 5) is 8.64. The molecule has 0 radical (unpaired) electrons. The Bertz CT molecular complexity index is 591. The summed E-state index contributed by atoms with van der Waals surface area (Å²) < 4.78 is 5.67. The van der Waals surface area contributed by atoms with Gasteiger partial charge in [0.05, 0.1) is 0 Å². The van der Waals surface area contributed by atoms with Crippen LogP contribution in [0.4, 0.5) is 5.82 Å². The van der Waals surface area contributed by atoms with Crippen LogP contribution in [0.2, 0.25) is 5.02 Å². The van der Waals surface area contributed by atoms with Gasteiger partial charge in [0.2, 0.25) is 5.88 Å². The van der Waals surface area contributed by atoms with Gasteiger partial charge in [0.15, 0.2) is 0 Å². The standard InChI is InChI=1S/C15H18ClN3O/c1-15(2,3)14-18-12(17)8-13(19-14)20-9-10-4-6-11(16)7-5-10/h4-8H,9H2,1-3H3,(H2,17,18,19). The molecule has 106 valence electrons. The average molecular weight is 292 g/mol. The van der Waals surface area contributed by atoms with Crippen molar-refractivity contribution in [1.29, 1.82) is 0 Å². The Morgan fingerprint density at radius 3 is 2.40 bits per heavy atom. The highest BCUT2D eigenvalue weighted by molar-refractivity contribution is 6.30. The van der Waals surface area contributed by atoms with Crippen LogP contribution in [-0.2, 0) is 12.0 Å². The SMILES string of the molecule is CC(C)(C)c1nc(N)cc(OCc2ccc(Cl)cc2)n1. The van der Waals surface area contributed by atoms with Crippen molar-refractivity contribution in [2.45, 2.75) is 32.8 Å². The highest BCUT2D eigenvalue weighted by Gasteiger charge is 2.19. The van der Waals surface area contributed by atoms with E-state index < -0.39 is 0 Å². The zero-order valence-corrected chi connectivity index (χ0v) is 12.6. The van der Waals surface area contributed by atoms with Crippen LogP contribution < -0.4 is 10.5 Å². The largest absolute Gasteiger partial charge is 0.473 e. The molecule has 0 bridgehead atoms. The van der Waals surface area contributed by atoms with Gasteiger partial charge in [-0.2, -0.15) is 4.98 Å². The number of nitrogens with zero attached hydrogens (tertiary/aromatic N) is 2. The maximum Gasteiger partial charge on any atom is 0.219 e. The Hall–Kier alpha value is -1.81. The third kappa shape index (κ3) is 3.84. The Labute approximate surface area is 124 Å². The van der Waals surface area contributed by atoms with E-state index in [1.54, 1.807) is 6.07 Å². The number of benzene rings is 1. The first-order chi connectivity index (χ1) is 9.34. The minimum atomic E-state index is -0.173. The smallest absolute Gasteiger partial charge is 0.219 e. The molecule has 0 saturated carbocycles. The first-order valence-electron chi connectivity index (χ1n) is 6.37. The Morgan fingerprint density at radius 1 is 1.15 bits per heavy atom. The second-order valence-electron chi connectivity index (χ2n) is 5.62. The number of aromatic nitrogens is 2. The minimum Gasteiger partial charge on any atom is -0.473 e. The molecule has 1 heterocycles. The summed E-state index contributed by atoms with van der Waals surface area (Å²) >= 11 is 5.84. The number of nitrogens with two attached hydrogens (primary N) is 1. The molecule has 0 atom stereocenters. The van der Waals surface area contributed by atoms with E-state index >= 15 is 0 Å². The summed E-state index contributed by atoms with van der Waals surface area (Å²) in [5.74, 6) is 1.57. The lowest BCUT2D eigenvalue weighted by atomic mass is 9.96. The molecule has 1 aromatic carbocycles. The molecule has 0 saturated heterocycles. The summed E-state index contributed by atoms with van der Waals surface area (Å²) in [7, 11) is 0. The van der Waals surface area contributed by atoms with Crippen LogP contribution in [0.25, 0.3) is 0 Å². The maximum atomic E-state index is 5.84. The highest BCUT2D eigenvalue weighted by atomic mass is 35.5. The number of hydrogen-bond donors (Lipinski definition) is 1. The molecule has 0 aliphatic rings. The van der Waals surface area contributed by atoms with E-state index in [0.717, 1.165) is 5.56 Å². The van der Waals surface area contributed by atoms with Gasteiger partial charge in [0.25, 0.3) is 0 Å². The van der Waals surface area contributed by atoms with Crippen molar-refractivity contribution in [1.82, 2.24) is 9.97 Å². The molecule has 0 spiro atoms. The zero-order chi connectivity index (χ0) is 14.8. The van der Waals surface area contributed by atoms with Crippen LogP contribution in [-0.4, -0.2) is 9.97 Å². The van der Waals surface area contributed by atoms with E-state index in [1.165, 1.54) is 0 Å². The minimum absolute atomic E-state index is 0.173. The normalized spacial score (nSPS) is 11.4. The molecular weight excluding hydrogens is 274 g/mol. The van der Waals surface area contributed by atoms with Gasteiger partial charge in [-0.1, -0.05) is 44.5 Å². The van der Waals surface area contributed by atoms with Gasteiger partial charge in [-0.15, -0.1) is 0 Å². The van der Waals surface area contributed by atoms with Crippen LogP contribution in [0.5, 0.6) is 5.88 Å². The van der Waals surface area contributed by atoms with Crippen molar-refractivity contribution in [2.75, 3.05) is 5.73 Å². The van der Waals surface area contributed by atoms with E-state index in [0.29, 0.717) is 29.2 Å². The molecule has 2 N–H and O–H groups in total. The molecule has 0 unspecified atom stereocenters. The molecule has 0 amide bonds. The number of hydrogen-bond acceptors (Lipinski definition) is 4. The van der Waals surface area contributed by atoms with Crippen LogP contribution >= 0.6 is 11.6 Å². The molecule has 0 fully saturated rings. The quantitative estimate of drug-likeness (QED) is 0.939. The molecule has 20 heavy (non-hydrogen) atoms. The third-order valence-electron chi connectivity index (χ3n) is 2.69. The van der Waals surface area contributed by atoms with E-state index in [1.807, 2.05) is 45.0 Å². The van der Waals surface area contributed by atoms with Crippen LogP contribution in [0, 0.1) is 0 Å². The van der Waals surface area contributed by atoms with Gasteiger partial charge in [0, 0.05) is 16.5 Å². The van der Waals surface area contributed by atoms with Gasteiger partial charge in [-0.3, -0.25) is 0 Å². The number of rotatable bonds is 3. The number of anilines is 1. The molecule has 1 aromatic heterocycles. The number of nitrogen functional groups attached to an aromatic ring is 1. The van der Waals surface area contributed by atoms with Crippen molar-refractivity contribution in [3.8, 4) is 5.88 Å². The monoisotopic (exact) mass is 291 g/mol. The molecule has 2 rings (SSSR count). The molecule has 4 nitrogen and oxygen atoms in total. The summed E-state index contributed by atoms with van der Waals surface area (Å²) in [6.45, 7) is 6.51.